The summed E-state index contributed by atoms with van der Waals surface area (Å²) in [5, 5.41) is 23.1. The lowest BCUT2D eigenvalue weighted by molar-refractivity contribution is -0.140. The molecule has 0 aliphatic rings. The molecule has 0 aliphatic heterocycles. The minimum atomic E-state index is -3.25. The lowest BCUT2D eigenvalue weighted by Crippen LogP contribution is -1.99. The molecule has 0 fully saturated rings. The summed E-state index contributed by atoms with van der Waals surface area (Å²) in [5.74, 6) is -1.04. The molecule has 0 saturated carbocycles. The maximum atomic E-state index is 11.9. The second-order valence-electron chi connectivity index (χ2n) is 20.9. The highest BCUT2D eigenvalue weighted by Gasteiger charge is 2.20. The smallest absolute Gasteiger partial charge is 0.302 e. The van der Waals surface area contributed by atoms with E-state index in [1.54, 1.807) is 95.5 Å². The van der Waals surface area contributed by atoms with Crippen LogP contribution in [0.3, 0.4) is 0 Å². The number of hydrogen-bond acceptors (Lipinski definition) is 15. The average Bonchev–Trinajstić information content (AvgIpc) is 1.70. The fourth-order valence-electron chi connectivity index (χ4n) is 9.18. The molecule has 6 heterocycles. The van der Waals surface area contributed by atoms with Gasteiger partial charge in [-0.1, -0.05) is 108 Å². The van der Waals surface area contributed by atoms with Gasteiger partial charge in [0.15, 0.2) is 29.5 Å². The van der Waals surface area contributed by atoms with Crippen LogP contribution in [0.4, 0.5) is 0 Å². The molecule has 0 radical (unpaired) electrons. The van der Waals surface area contributed by atoms with Crippen LogP contribution in [0.15, 0.2) is 215 Å². The van der Waals surface area contributed by atoms with Crippen molar-refractivity contribution in [2.45, 2.75) is 56.2 Å². The third-order valence-electron chi connectivity index (χ3n) is 13.3. The van der Waals surface area contributed by atoms with Crippen molar-refractivity contribution in [3.63, 3.8) is 0 Å². The first-order valence-electron chi connectivity index (χ1n) is 28.5. The summed E-state index contributed by atoms with van der Waals surface area (Å²) in [7, 11) is -9.74. The molecule has 0 saturated heterocycles. The van der Waals surface area contributed by atoms with E-state index in [0.29, 0.717) is 36.4 Å². The van der Waals surface area contributed by atoms with E-state index in [0.717, 1.165) is 104 Å². The van der Waals surface area contributed by atoms with Crippen LogP contribution in [0.5, 0.6) is 0 Å². The molecule has 0 unspecified atom stereocenters. The van der Waals surface area contributed by atoms with Gasteiger partial charge < -0.3 is 9.84 Å². The minimum absolute atomic E-state index is 0.211. The number of carboxylic acids is 1. The lowest BCUT2D eigenvalue weighted by atomic mass is 10.2. The Kier molecular flexibility index (Phi) is 23.8. The Morgan fingerprint density at radius 1 is 0.415 bits per heavy atom. The number of esters is 1. The van der Waals surface area contributed by atoms with E-state index in [1.807, 2.05) is 180 Å². The van der Waals surface area contributed by atoms with Gasteiger partial charge in [-0.3, -0.25) is 9.59 Å². The second kappa shape index (κ2) is 31.3. The van der Waals surface area contributed by atoms with Crippen LogP contribution < -0.4 is 0 Å². The summed E-state index contributed by atoms with van der Waals surface area (Å²) < 4.78 is 81.1. The lowest BCUT2D eigenvalue weighted by Gasteiger charge is -2.08. The zero-order valence-corrected chi connectivity index (χ0v) is 59.3. The number of benzene rings is 6. The van der Waals surface area contributed by atoms with Gasteiger partial charge in [0.2, 0.25) is 0 Å². The summed E-state index contributed by atoms with van der Waals surface area (Å²) in [6, 6.07) is 61.9. The topological polar surface area (TPSA) is 219 Å². The number of rotatable bonds is 13. The van der Waals surface area contributed by atoms with Gasteiger partial charge in [-0.05, 0) is 172 Å². The SMILES string of the molecule is CC(=O)O.CCOC(C)=O.Cc1cc(-c2ccc(-c3cccc(S(C)(=O)=O)c3)s2)n(-c2ccccc2Cl)n1.Cc1cc(-c2ccc(-c3cccc(S(C)(=O)=O)c3)s2)n(-c2ccccc2Cl)n1.Cc1cc(-c2ccc(-c3cccc(S(C)(=O)=O)c3)s2)n(-c2ccccc2Cl)n1. The molecule has 94 heavy (non-hydrogen) atoms. The number of aryl methyl sites for hydroxylation is 3. The molecule has 0 aliphatic carbocycles. The molecule has 12 aromatic rings. The molecule has 25 heteroatoms. The van der Waals surface area contributed by atoms with Crippen molar-refractivity contribution in [3.8, 4) is 80.1 Å². The molecule has 6 aromatic carbocycles. The second-order valence-corrected chi connectivity index (χ2v) is 31.5. The molecular formula is C69H63Cl3N6O10S6. The largest absolute Gasteiger partial charge is 0.481 e. The highest BCUT2D eigenvalue weighted by atomic mass is 35.5. The van der Waals surface area contributed by atoms with Gasteiger partial charge in [-0.15, -0.1) is 34.0 Å². The van der Waals surface area contributed by atoms with Crippen LogP contribution in [-0.4, -0.2) is 97.0 Å². The maximum absolute atomic E-state index is 11.9. The number of carbonyl (C=O) groups excluding carboxylic acids is 1. The van der Waals surface area contributed by atoms with Crippen LogP contribution in [0.25, 0.3) is 80.1 Å². The van der Waals surface area contributed by atoms with Gasteiger partial charge in [0.05, 0.1) is 102 Å². The first-order chi connectivity index (χ1) is 44.5. The van der Waals surface area contributed by atoms with Crippen LogP contribution in [0.1, 0.15) is 37.9 Å². The Bertz CT molecular complexity index is 4570. The van der Waals surface area contributed by atoms with Gasteiger partial charge in [0, 0.05) is 47.2 Å². The predicted molar refractivity (Wildman–Crippen MR) is 381 cm³/mol. The number of ether oxygens (including phenoxy) is 1. The highest BCUT2D eigenvalue weighted by Crippen LogP contribution is 2.41. The fourth-order valence-corrected chi connectivity index (χ4v) is 14.8. The van der Waals surface area contributed by atoms with E-state index in [2.05, 4.69) is 20.0 Å². The third-order valence-corrected chi connectivity index (χ3v) is 21.1. The average molecular weight is 1440 g/mol. The quantitative estimate of drug-likeness (QED) is 0.106. The first-order valence-corrected chi connectivity index (χ1v) is 37.7. The zero-order chi connectivity index (χ0) is 68.2. The monoisotopic (exact) mass is 1430 g/mol. The zero-order valence-electron chi connectivity index (χ0n) is 52.1. The van der Waals surface area contributed by atoms with Crippen molar-refractivity contribution in [2.24, 2.45) is 0 Å². The van der Waals surface area contributed by atoms with Gasteiger partial charge in [-0.25, -0.2) is 39.3 Å². The molecule has 486 valence electrons. The Morgan fingerprint density at radius 2 is 0.670 bits per heavy atom. The van der Waals surface area contributed by atoms with Crippen LogP contribution in [0, 0.1) is 20.8 Å². The molecule has 0 atom stereocenters. The number of hydrogen-bond donors (Lipinski definition) is 1. The number of sulfone groups is 3. The van der Waals surface area contributed by atoms with E-state index in [9.17, 15) is 30.0 Å². The van der Waals surface area contributed by atoms with E-state index in [-0.39, 0.29) is 5.97 Å². The maximum Gasteiger partial charge on any atom is 0.302 e. The number of nitrogens with zero attached hydrogens (tertiary/aromatic N) is 6. The first kappa shape index (κ1) is 71.6. The van der Waals surface area contributed by atoms with Crippen molar-refractivity contribution in [1.29, 1.82) is 0 Å². The molecule has 0 bridgehead atoms. The molecule has 12 rings (SSSR count). The van der Waals surface area contributed by atoms with E-state index >= 15 is 0 Å². The number of thiophene rings is 3. The van der Waals surface area contributed by atoms with Gasteiger partial charge in [-0.2, -0.15) is 15.3 Å². The number of para-hydroxylation sites is 3. The van der Waals surface area contributed by atoms with E-state index < -0.39 is 35.5 Å². The highest BCUT2D eigenvalue weighted by molar-refractivity contribution is 7.91. The summed E-state index contributed by atoms with van der Waals surface area (Å²) >= 11 is 23.9. The van der Waals surface area contributed by atoms with Gasteiger partial charge in [0.1, 0.15) is 0 Å². The third kappa shape index (κ3) is 18.8. The molecule has 1 N–H and O–H groups in total. The van der Waals surface area contributed by atoms with E-state index in [1.165, 1.54) is 25.7 Å². The van der Waals surface area contributed by atoms with E-state index in [4.69, 9.17) is 44.7 Å². The molecule has 16 nitrogen and oxygen atoms in total. The van der Waals surface area contributed by atoms with Gasteiger partial charge >= 0.3 is 5.97 Å². The van der Waals surface area contributed by atoms with Crippen LogP contribution in [0.2, 0.25) is 15.1 Å². The number of carbonyl (C=O) groups is 2. The van der Waals surface area contributed by atoms with Gasteiger partial charge in [0.25, 0.3) is 5.97 Å². The summed E-state index contributed by atoms with van der Waals surface area (Å²) in [5.41, 5.74) is 10.6. The number of carboxylic acid groups (broad SMARTS) is 1. The predicted octanol–water partition coefficient (Wildman–Crippen LogP) is 17.6. The Morgan fingerprint density at radius 3 is 0.894 bits per heavy atom. The minimum Gasteiger partial charge on any atom is -0.481 e. The summed E-state index contributed by atoms with van der Waals surface area (Å²) in [6.45, 7) is 10.6. The molecule has 0 amide bonds. The van der Waals surface area contributed by atoms with Crippen molar-refractivity contribution in [2.75, 3.05) is 25.4 Å². The number of halogens is 3. The molecule has 0 spiro atoms. The van der Waals surface area contributed by atoms with Crippen LogP contribution >= 0.6 is 68.8 Å². The number of aromatic nitrogens is 6. The standard InChI is InChI=1S/3C21H17ClN2O2S2.C4H8O2.C2H4O2/c3*1-14-12-19(24(23-14)18-9-4-3-8-17(18)22)21-11-10-20(27-21)15-6-5-7-16(13-15)28(2,25)26;1-3-6-4(2)5;1-2(3)4/h3*3-13H,1-2H3;3H2,1-2H3;1H3,(H,3,4). The fraction of sp³-hybridized carbons (Fsp3) is 0.145. The van der Waals surface area contributed by atoms with Crippen molar-refractivity contribution in [3.05, 3.63) is 232 Å². The summed E-state index contributed by atoms with van der Waals surface area (Å²) in [4.78, 5) is 25.8. The molecule has 6 aromatic heterocycles. The summed E-state index contributed by atoms with van der Waals surface area (Å²) in [6.07, 6.45) is 3.66. The van der Waals surface area contributed by atoms with Crippen molar-refractivity contribution >= 4 is 110 Å². The molecular weight excluding hydrogens is 1370 g/mol. The van der Waals surface area contributed by atoms with Crippen LogP contribution in [-0.2, 0) is 43.8 Å². The number of aliphatic carboxylic acids is 1. The van der Waals surface area contributed by atoms with Crippen molar-refractivity contribution in [1.82, 2.24) is 29.3 Å². The Balaban J connectivity index is 0.000000168. The Labute approximate surface area is 573 Å². The normalized spacial score (nSPS) is 11.2. The Hall–Kier alpha value is -8.29. The van der Waals surface area contributed by atoms with Crippen molar-refractivity contribution < 1.29 is 44.7 Å².